The van der Waals surface area contributed by atoms with Gasteiger partial charge < -0.3 is 10.6 Å². The molecule has 0 saturated carbocycles. The smallest absolute Gasteiger partial charge is 0.221 e. The lowest BCUT2D eigenvalue weighted by Crippen LogP contribution is -2.43. The SMILES string of the molecule is CC1CCCNC1CC(=O)NCCCn1ccnn1. The van der Waals surface area contributed by atoms with Crippen LogP contribution < -0.4 is 10.6 Å². The van der Waals surface area contributed by atoms with Crippen LogP contribution >= 0.6 is 0 Å². The van der Waals surface area contributed by atoms with E-state index in [0.29, 0.717) is 24.9 Å². The lowest BCUT2D eigenvalue weighted by atomic mass is 9.90. The number of hydrogen-bond donors (Lipinski definition) is 2. The number of carbonyl (C=O) groups excluding carboxylic acids is 1. The van der Waals surface area contributed by atoms with Crippen molar-refractivity contribution in [3.8, 4) is 0 Å². The van der Waals surface area contributed by atoms with Gasteiger partial charge in [-0.05, 0) is 31.7 Å². The van der Waals surface area contributed by atoms with Crippen LogP contribution in [0.5, 0.6) is 0 Å². The van der Waals surface area contributed by atoms with E-state index in [2.05, 4.69) is 27.9 Å². The number of hydrogen-bond acceptors (Lipinski definition) is 4. The van der Waals surface area contributed by atoms with Gasteiger partial charge in [0, 0.05) is 31.7 Å². The highest BCUT2D eigenvalue weighted by Gasteiger charge is 2.22. The normalized spacial score (nSPS) is 23.2. The molecule has 2 unspecified atom stereocenters. The zero-order valence-electron chi connectivity index (χ0n) is 11.5. The Morgan fingerprint density at radius 2 is 2.47 bits per heavy atom. The summed E-state index contributed by atoms with van der Waals surface area (Å²) in [6.07, 6.45) is 7.39. The second-order valence-electron chi connectivity index (χ2n) is 5.25. The van der Waals surface area contributed by atoms with Crippen molar-refractivity contribution in [3.05, 3.63) is 12.4 Å². The number of amides is 1. The molecule has 6 heteroatoms. The fourth-order valence-corrected chi connectivity index (χ4v) is 2.48. The van der Waals surface area contributed by atoms with Crippen molar-refractivity contribution in [1.29, 1.82) is 0 Å². The van der Waals surface area contributed by atoms with Crippen molar-refractivity contribution in [1.82, 2.24) is 25.6 Å². The molecule has 2 rings (SSSR count). The van der Waals surface area contributed by atoms with E-state index in [1.165, 1.54) is 12.8 Å². The largest absolute Gasteiger partial charge is 0.356 e. The number of rotatable bonds is 6. The number of nitrogens with zero attached hydrogens (tertiary/aromatic N) is 3. The van der Waals surface area contributed by atoms with Crippen LogP contribution in [0.15, 0.2) is 12.4 Å². The van der Waals surface area contributed by atoms with Gasteiger partial charge in [-0.3, -0.25) is 9.48 Å². The summed E-state index contributed by atoms with van der Waals surface area (Å²) in [5.41, 5.74) is 0. The third-order valence-electron chi connectivity index (χ3n) is 3.69. The molecule has 106 valence electrons. The molecule has 0 aliphatic carbocycles. The van der Waals surface area contributed by atoms with Gasteiger partial charge in [0.05, 0.1) is 6.20 Å². The molecule has 1 aromatic rings. The summed E-state index contributed by atoms with van der Waals surface area (Å²) < 4.78 is 1.77. The Balaban J connectivity index is 1.59. The van der Waals surface area contributed by atoms with Crippen LogP contribution in [-0.4, -0.2) is 40.0 Å². The molecule has 1 aromatic heterocycles. The summed E-state index contributed by atoms with van der Waals surface area (Å²) in [4.78, 5) is 11.8. The Bertz CT molecular complexity index is 378. The highest BCUT2D eigenvalue weighted by molar-refractivity contribution is 5.76. The lowest BCUT2D eigenvalue weighted by molar-refractivity contribution is -0.122. The minimum atomic E-state index is 0.143. The molecule has 1 saturated heterocycles. The van der Waals surface area contributed by atoms with Crippen LogP contribution in [-0.2, 0) is 11.3 Å². The van der Waals surface area contributed by atoms with E-state index in [-0.39, 0.29) is 5.91 Å². The van der Waals surface area contributed by atoms with Crippen molar-refractivity contribution < 1.29 is 4.79 Å². The molecule has 2 N–H and O–H groups in total. The van der Waals surface area contributed by atoms with Crippen LogP contribution in [0.3, 0.4) is 0 Å². The van der Waals surface area contributed by atoms with E-state index >= 15 is 0 Å². The molecule has 2 heterocycles. The van der Waals surface area contributed by atoms with E-state index < -0.39 is 0 Å². The first-order chi connectivity index (χ1) is 9.25. The maximum Gasteiger partial charge on any atom is 0.221 e. The topological polar surface area (TPSA) is 71.8 Å². The number of carbonyl (C=O) groups is 1. The molecule has 1 fully saturated rings. The van der Waals surface area contributed by atoms with Crippen LogP contribution in [0.25, 0.3) is 0 Å². The van der Waals surface area contributed by atoms with Gasteiger partial charge in [-0.25, -0.2) is 0 Å². The van der Waals surface area contributed by atoms with Crippen molar-refractivity contribution in [3.63, 3.8) is 0 Å². The Morgan fingerprint density at radius 3 is 3.21 bits per heavy atom. The standard InChI is InChI=1S/C13H23N5O/c1-11-4-2-5-14-12(11)10-13(19)15-6-3-8-18-9-7-16-17-18/h7,9,11-12,14H,2-6,8,10H2,1H3,(H,15,19). The number of aryl methyl sites for hydroxylation is 1. The van der Waals surface area contributed by atoms with Crippen molar-refractivity contribution in [2.45, 2.75) is 45.2 Å². The van der Waals surface area contributed by atoms with E-state index in [1.54, 1.807) is 10.9 Å². The first kappa shape index (κ1) is 14.0. The maximum absolute atomic E-state index is 11.8. The average molecular weight is 265 g/mol. The summed E-state index contributed by atoms with van der Waals surface area (Å²) >= 11 is 0. The molecule has 1 amide bonds. The van der Waals surface area contributed by atoms with Crippen molar-refractivity contribution in [2.75, 3.05) is 13.1 Å². The second-order valence-corrected chi connectivity index (χ2v) is 5.25. The van der Waals surface area contributed by atoms with Gasteiger partial charge in [0.25, 0.3) is 0 Å². The monoisotopic (exact) mass is 265 g/mol. The molecule has 0 bridgehead atoms. The molecule has 19 heavy (non-hydrogen) atoms. The average Bonchev–Trinajstić information content (AvgIpc) is 2.91. The Kier molecular flexibility index (Phi) is 5.32. The molecule has 0 radical (unpaired) electrons. The molecule has 6 nitrogen and oxygen atoms in total. The Labute approximate surface area is 113 Å². The van der Waals surface area contributed by atoms with E-state index in [4.69, 9.17) is 0 Å². The summed E-state index contributed by atoms with van der Waals surface area (Å²) in [7, 11) is 0. The molecule has 0 aromatic carbocycles. The first-order valence-corrected chi connectivity index (χ1v) is 7.10. The summed E-state index contributed by atoms with van der Waals surface area (Å²) in [5, 5.41) is 14.0. The number of nitrogens with one attached hydrogen (secondary N) is 2. The lowest BCUT2D eigenvalue weighted by Gasteiger charge is -2.29. The van der Waals surface area contributed by atoms with Gasteiger partial charge in [0.15, 0.2) is 0 Å². The summed E-state index contributed by atoms with van der Waals surface area (Å²) in [5.74, 6) is 0.736. The highest BCUT2D eigenvalue weighted by atomic mass is 16.1. The molecule has 2 atom stereocenters. The minimum absolute atomic E-state index is 0.143. The summed E-state index contributed by atoms with van der Waals surface area (Å²) in [6, 6.07) is 0.337. The van der Waals surface area contributed by atoms with Gasteiger partial charge >= 0.3 is 0 Å². The van der Waals surface area contributed by atoms with Crippen LogP contribution in [0, 0.1) is 5.92 Å². The summed E-state index contributed by atoms with van der Waals surface area (Å²) in [6.45, 7) is 4.74. The Morgan fingerprint density at radius 1 is 1.58 bits per heavy atom. The van der Waals surface area contributed by atoms with E-state index in [9.17, 15) is 4.79 Å². The molecule has 0 spiro atoms. The maximum atomic E-state index is 11.8. The molecular formula is C13H23N5O. The quantitative estimate of drug-likeness (QED) is 0.737. The number of piperidine rings is 1. The van der Waals surface area contributed by atoms with Gasteiger partial charge in [0.2, 0.25) is 5.91 Å². The molecule has 1 aliphatic heterocycles. The van der Waals surface area contributed by atoms with E-state index in [1.807, 2.05) is 6.20 Å². The van der Waals surface area contributed by atoms with Gasteiger partial charge in [-0.1, -0.05) is 12.1 Å². The highest BCUT2D eigenvalue weighted by Crippen LogP contribution is 2.17. The van der Waals surface area contributed by atoms with Gasteiger partial charge in [-0.2, -0.15) is 0 Å². The molecule has 1 aliphatic rings. The zero-order chi connectivity index (χ0) is 13.5. The van der Waals surface area contributed by atoms with Crippen LogP contribution in [0.2, 0.25) is 0 Å². The predicted molar refractivity (Wildman–Crippen MR) is 72.5 cm³/mol. The third-order valence-corrected chi connectivity index (χ3v) is 3.69. The van der Waals surface area contributed by atoms with E-state index in [0.717, 1.165) is 19.5 Å². The van der Waals surface area contributed by atoms with Gasteiger partial charge in [0.1, 0.15) is 0 Å². The minimum Gasteiger partial charge on any atom is -0.356 e. The number of aromatic nitrogens is 3. The fourth-order valence-electron chi connectivity index (χ4n) is 2.48. The first-order valence-electron chi connectivity index (χ1n) is 7.10. The van der Waals surface area contributed by atoms with Crippen LogP contribution in [0.1, 0.15) is 32.6 Å². The van der Waals surface area contributed by atoms with Crippen LogP contribution in [0.4, 0.5) is 0 Å². The molecular weight excluding hydrogens is 242 g/mol. The van der Waals surface area contributed by atoms with Gasteiger partial charge in [-0.15, -0.1) is 5.10 Å². The van der Waals surface area contributed by atoms with Crippen molar-refractivity contribution >= 4 is 5.91 Å². The van der Waals surface area contributed by atoms with Crippen molar-refractivity contribution in [2.24, 2.45) is 5.92 Å². The third kappa shape index (κ3) is 4.63. The second kappa shape index (κ2) is 7.23. The Hall–Kier alpha value is -1.43. The fraction of sp³-hybridized carbons (Fsp3) is 0.769. The predicted octanol–water partition coefficient (Wildman–Crippen LogP) is 0.563. The zero-order valence-corrected chi connectivity index (χ0v) is 11.5.